The molecule has 1 aromatic rings. The van der Waals surface area contributed by atoms with Gasteiger partial charge in [0.2, 0.25) is 0 Å². The van der Waals surface area contributed by atoms with Crippen LogP contribution in [0.25, 0.3) is 0 Å². The summed E-state index contributed by atoms with van der Waals surface area (Å²) in [6, 6.07) is 5.84. The lowest BCUT2D eigenvalue weighted by Gasteiger charge is -2.38. The summed E-state index contributed by atoms with van der Waals surface area (Å²) in [4.78, 5) is 0. The molecule has 2 fully saturated rings. The van der Waals surface area contributed by atoms with Crippen molar-refractivity contribution in [3.8, 4) is 5.75 Å². The van der Waals surface area contributed by atoms with Gasteiger partial charge in [0.25, 0.3) is 0 Å². The standard InChI is InChI=1S/C16H23BO4/c1-15(2)10-20-17(21-11-15)12-5-6-13(14(9-12)19-3)16(18)7-4-8-16/h5-6,9,18H,4,7-8,10-11H2,1-3H3. The van der Waals surface area contributed by atoms with Gasteiger partial charge >= 0.3 is 7.12 Å². The lowest BCUT2D eigenvalue weighted by molar-refractivity contribution is -0.0404. The molecule has 1 aliphatic carbocycles. The maximum atomic E-state index is 10.5. The van der Waals surface area contributed by atoms with Crippen LogP contribution in [0.4, 0.5) is 0 Å². The molecule has 1 saturated heterocycles. The Morgan fingerprint density at radius 1 is 1.19 bits per heavy atom. The second kappa shape index (κ2) is 5.31. The fourth-order valence-corrected chi connectivity index (χ4v) is 2.90. The number of benzene rings is 1. The van der Waals surface area contributed by atoms with E-state index >= 15 is 0 Å². The molecule has 1 N–H and O–H groups in total. The molecule has 0 atom stereocenters. The number of hydrogen-bond acceptors (Lipinski definition) is 4. The Balaban J connectivity index is 1.82. The molecule has 3 rings (SSSR count). The highest BCUT2D eigenvalue weighted by atomic mass is 16.6. The maximum Gasteiger partial charge on any atom is 0.494 e. The van der Waals surface area contributed by atoms with E-state index in [1.807, 2.05) is 18.2 Å². The van der Waals surface area contributed by atoms with Crippen molar-refractivity contribution in [2.24, 2.45) is 5.41 Å². The van der Waals surface area contributed by atoms with E-state index in [1.54, 1.807) is 7.11 Å². The highest BCUT2D eigenvalue weighted by molar-refractivity contribution is 6.61. The molecule has 114 valence electrons. The predicted octanol–water partition coefficient (Wildman–Crippen LogP) is 1.83. The van der Waals surface area contributed by atoms with Crippen molar-refractivity contribution in [3.63, 3.8) is 0 Å². The van der Waals surface area contributed by atoms with Crippen LogP contribution in [0.15, 0.2) is 18.2 Å². The van der Waals surface area contributed by atoms with Crippen molar-refractivity contribution in [1.82, 2.24) is 0 Å². The summed E-state index contributed by atoms with van der Waals surface area (Å²) in [7, 11) is 1.29. The van der Waals surface area contributed by atoms with Crippen LogP contribution in [0.1, 0.15) is 38.7 Å². The van der Waals surface area contributed by atoms with Gasteiger partial charge in [0.1, 0.15) is 5.75 Å². The van der Waals surface area contributed by atoms with Gasteiger partial charge in [-0.1, -0.05) is 26.0 Å². The smallest absolute Gasteiger partial charge is 0.494 e. The average molecular weight is 290 g/mol. The van der Waals surface area contributed by atoms with E-state index in [0.29, 0.717) is 19.0 Å². The summed E-state index contributed by atoms with van der Waals surface area (Å²) in [5, 5.41) is 10.5. The van der Waals surface area contributed by atoms with Crippen LogP contribution in [-0.2, 0) is 14.9 Å². The molecule has 1 saturated carbocycles. The van der Waals surface area contributed by atoms with Crippen molar-refractivity contribution in [2.45, 2.75) is 38.7 Å². The predicted molar refractivity (Wildman–Crippen MR) is 81.8 cm³/mol. The molecule has 0 radical (unpaired) electrons. The molecule has 0 spiro atoms. The van der Waals surface area contributed by atoms with Crippen LogP contribution < -0.4 is 10.2 Å². The highest BCUT2D eigenvalue weighted by Gasteiger charge is 2.39. The normalized spacial score (nSPS) is 23.5. The van der Waals surface area contributed by atoms with E-state index < -0.39 is 5.60 Å². The quantitative estimate of drug-likeness (QED) is 0.863. The van der Waals surface area contributed by atoms with E-state index in [2.05, 4.69) is 13.8 Å². The van der Waals surface area contributed by atoms with E-state index in [-0.39, 0.29) is 12.5 Å². The van der Waals surface area contributed by atoms with E-state index in [1.165, 1.54) is 0 Å². The van der Waals surface area contributed by atoms with Crippen molar-refractivity contribution < 1.29 is 19.2 Å². The Bertz CT molecular complexity index is 515. The lowest BCUT2D eigenvalue weighted by atomic mass is 9.71. The molecule has 1 aromatic carbocycles. The van der Waals surface area contributed by atoms with Gasteiger partial charge in [-0.15, -0.1) is 0 Å². The Hall–Kier alpha value is -1.04. The molecular formula is C16H23BO4. The van der Waals surface area contributed by atoms with Crippen LogP contribution in [0.5, 0.6) is 5.75 Å². The summed E-state index contributed by atoms with van der Waals surface area (Å²) in [6.45, 7) is 5.59. The van der Waals surface area contributed by atoms with Crippen LogP contribution in [0, 0.1) is 5.41 Å². The third kappa shape index (κ3) is 2.82. The Kier molecular flexibility index (Phi) is 3.76. The first kappa shape index (κ1) is 14.9. The van der Waals surface area contributed by atoms with Crippen LogP contribution in [-0.4, -0.2) is 32.5 Å². The Morgan fingerprint density at radius 3 is 2.38 bits per heavy atom. The third-order valence-corrected chi connectivity index (χ3v) is 4.43. The number of aliphatic hydroxyl groups is 1. The summed E-state index contributed by atoms with van der Waals surface area (Å²) < 4.78 is 17.1. The topological polar surface area (TPSA) is 47.9 Å². The first-order valence-electron chi connectivity index (χ1n) is 7.58. The van der Waals surface area contributed by atoms with Gasteiger partial charge in [-0.05, 0) is 30.8 Å². The van der Waals surface area contributed by atoms with Gasteiger partial charge in [0.05, 0.1) is 12.7 Å². The average Bonchev–Trinajstić information content (AvgIpc) is 2.44. The zero-order chi connectivity index (χ0) is 15.1. The Labute approximate surface area is 126 Å². The highest BCUT2D eigenvalue weighted by Crippen LogP contribution is 2.44. The molecule has 0 bridgehead atoms. The van der Waals surface area contributed by atoms with Crippen LogP contribution >= 0.6 is 0 Å². The molecule has 1 aliphatic heterocycles. The largest absolute Gasteiger partial charge is 0.496 e. The molecule has 0 amide bonds. The zero-order valence-corrected chi connectivity index (χ0v) is 13.0. The molecular weight excluding hydrogens is 267 g/mol. The van der Waals surface area contributed by atoms with Crippen molar-refractivity contribution in [3.05, 3.63) is 23.8 Å². The number of ether oxygens (including phenoxy) is 1. The minimum absolute atomic E-state index is 0.0572. The van der Waals surface area contributed by atoms with Gasteiger partial charge in [-0.25, -0.2) is 0 Å². The van der Waals surface area contributed by atoms with E-state index in [9.17, 15) is 5.11 Å². The summed E-state index contributed by atoms with van der Waals surface area (Å²) >= 11 is 0. The SMILES string of the molecule is COc1cc(B2OCC(C)(C)CO2)ccc1C1(O)CCC1. The number of hydrogen-bond donors (Lipinski definition) is 1. The van der Waals surface area contributed by atoms with Gasteiger partial charge in [0, 0.05) is 24.2 Å². The summed E-state index contributed by atoms with van der Waals surface area (Å²) in [5.74, 6) is 0.715. The lowest BCUT2D eigenvalue weighted by Crippen LogP contribution is -2.47. The zero-order valence-electron chi connectivity index (χ0n) is 13.0. The monoisotopic (exact) mass is 290 g/mol. The fraction of sp³-hybridized carbons (Fsp3) is 0.625. The summed E-state index contributed by atoms with van der Waals surface area (Å²) in [6.07, 6.45) is 2.66. The second-order valence-corrected chi connectivity index (χ2v) is 6.96. The number of rotatable bonds is 3. The van der Waals surface area contributed by atoms with Gasteiger partial charge in [-0.2, -0.15) is 0 Å². The van der Waals surface area contributed by atoms with Crippen molar-refractivity contribution in [1.29, 1.82) is 0 Å². The molecule has 4 nitrogen and oxygen atoms in total. The van der Waals surface area contributed by atoms with E-state index in [4.69, 9.17) is 14.0 Å². The fourth-order valence-electron chi connectivity index (χ4n) is 2.90. The summed E-state index contributed by atoms with van der Waals surface area (Å²) in [5.41, 5.74) is 1.15. The van der Waals surface area contributed by atoms with Gasteiger partial charge < -0.3 is 19.2 Å². The van der Waals surface area contributed by atoms with Crippen molar-refractivity contribution in [2.75, 3.05) is 20.3 Å². The minimum atomic E-state index is -0.722. The van der Waals surface area contributed by atoms with E-state index in [0.717, 1.165) is 30.3 Å². The second-order valence-electron chi connectivity index (χ2n) is 6.96. The maximum absolute atomic E-state index is 10.5. The molecule has 1 heterocycles. The molecule has 0 aromatic heterocycles. The van der Waals surface area contributed by atoms with Crippen LogP contribution in [0.2, 0.25) is 0 Å². The molecule has 2 aliphatic rings. The Morgan fingerprint density at radius 2 is 1.86 bits per heavy atom. The third-order valence-electron chi connectivity index (χ3n) is 4.43. The first-order chi connectivity index (χ1) is 9.93. The first-order valence-corrected chi connectivity index (χ1v) is 7.58. The van der Waals surface area contributed by atoms with Crippen LogP contribution in [0.3, 0.4) is 0 Å². The van der Waals surface area contributed by atoms with Gasteiger partial charge in [0.15, 0.2) is 0 Å². The minimum Gasteiger partial charge on any atom is -0.496 e. The molecule has 21 heavy (non-hydrogen) atoms. The molecule has 0 unspecified atom stereocenters. The van der Waals surface area contributed by atoms with Gasteiger partial charge in [-0.3, -0.25) is 0 Å². The van der Waals surface area contributed by atoms with Crippen molar-refractivity contribution >= 4 is 12.6 Å². The number of methoxy groups -OCH3 is 1. The molecule has 5 heteroatoms.